The maximum absolute atomic E-state index is 13.7. The van der Waals surface area contributed by atoms with Gasteiger partial charge in [-0.25, -0.2) is 9.79 Å². The van der Waals surface area contributed by atoms with Crippen molar-refractivity contribution in [1.29, 1.82) is 0 Å². The Morgan fingerprint density at radius 1 is 0.952 bits per heavy atom. The van der Waals surface area contributed by atoms with Gasteiger partial charge in [0.1, 0.15) is 41.4 Å². The monoisotopic (exact) mass is 942 g/mol. The second-order valence-corrected chi connectivity index (χ2v) is 16.5. The van der Waals surface area contributed by atoms with E-state index >= 15 is 0 Å². The summed E-state index contributed by atoms with van der Waals surface area (Å²) in [5.74, 6) is -1.75. The molecule has 14 nitrogen and oxygen atoms in total. The van der Waals surface area contributed by atoms with Gasteiger partial charge < -0.3 is 25.0 Å². The zero-order valence-corrected chi connectivity index (χ0v) is 36.6. The lowest BCUT2D eigenvalue weighted by molar-refractivity contribution is -0.144. The Bertz CT molecular complexity index is 2880. The molecule has 63 heavy (non-hydrogen) atoms. The second-order valence-electron chi connectivity index (χ2n) is 14.0. The van der Waals surface area contributed by atoms with E-state index in [0.29, 0.717) is 56.9 Å². The number of ether oxygens (including phenoxy) is 1. The molecule has 0 aliphatic carbocycles. The van der Waals surface area contributed by atoms with Crippen molar-refractivity contribution in [2.45, 2.75) is 32.0 Å². The van der Waals surface area contributed by atoms with Crippen LogP contribution in [0.15, 0.2) is 119 Å². The Morgan fingerprint density at radius 2 is 1.75 bits per heavy atom. The lowest BCUT2D eigenvalue weighted by atomic mass is 10.0. The van der Waals surface area contributed by atoms with Crippen LogP contribution in [0.1, 0.15) is 39.7 Å². The molecule has 4 aromatic carbocycles. The predicted molar refractivity (Wildman–Crippen MR) is 244 cm³/mol. The predicted octanol–water partition coefficient (Wildman–Crippen LogP) is 9.21. The molecular weight excluding hydrogens is 910 g/mol. The SMILES string of the molecule is O=C(CCn1cc(COc2ccc(N(C(=O)CCl)C(C(=O)NCCc3ccccc3)c3cccs3)cc2Cl)nn1)O/N=C1/C(c2c(O)[nH]c3ccccc23)=Nc2cc(Cl)c(Cl)cc21. The Labute approximate surface area is 383 Å². The number of amides is 2. The number of nitrogens with zero attached hydrogens (tertiary/aromatic N) is 6. The molecule has 1 atom stereocenters. The minimum Gasteiger partial charge on any atom is -0.494 e. The van der Waals surface area contributed by atoms with Crippen LogP contribution in [0, 0.1) is 0 Å². The van der Waals surface area contributed by atoms with Crippen molar-refractivity contribution in [3.8, 4) is 11.6 Å². The fourth-order valence-corrected chi connectivity index (χ4v) is 8.41. The number of para-hydroxylation sites is 1. The number of oxime groups is 1. The highest BCUT2D eigenvalue weighted by molar-refractivity contribution is 7.10. The van der Waals surface area contributed by atoms with E-state index in [1.165, 1.54) is 27.0 Å². The molecule has 1 aliphatic rings. The first-order valence-corrected chi connectivity index (χ1v) is 21.8. The second kappa shape index (κ2) is 19.4. The molecule has 3 N–H and O–H groups in total. The van der Waals surface area contributed by atoms with Crippen LogP contribution in [0.3, 0.4) is 0 Å². The van der Waals surface area contributed by atoms with E-state index in [9.17, 15) is 19.5 Å². The zero-order chi connectivity index (χ0) is 44.0. The molecule has 7 aromatic rings. The summed E-state index contributed by atoms with van der Waals surface area (Å²) in [4.78, 5) is 55.1. The number of H-pyrrole nitrogens is 1. The van der Waals surface area contributed by atoms with Crippen LogP contribution >= 0.6 is 57.7 Å². The molecule has 0 spiro atoms. The summed E-state index contributed by atoms with van der Waals surface area (Å²) >= 11 is 26.7. The standard InChI is InChI=1S/C44H34Cl4N8O6S/c45-22-37(57)56(42(36-11-6-18-63-36)44(60)49-16-14-25-7-2-1-3-8-25)27-12-13-35(32(48)19-27)61-24-26-23-55(54-52-26)17-15-38(58)62-53-40-29-20-30(46)31(47)21-34(29)50-41(40)39-28-9-4-5-10-33(28)51-43(39)59/h1-13,18-21,23,42,51,59H,14-17,22,24H2,(H,49,60)/b53-40+. The van der Waals surface area contributed by atoms with E-state index in [2.05, 4.69) is 30.8 Å². The molecule has 4 heterocycles. The smallest absolute Gasteiger partial charge is 0.336 e. The topological polar surface area (TPSA) is 176 Å². The van der Waals surface area contributed by atoms with E-state index in [4.69, 9.17) is 56.0 Å². The van der Waals surface area contributed by atoms with Crippen molar-refractivity contribution in [1.82, 2.24) is 25.3 Å². The summed E-state index contributed by atoms with van der Waals surface area (Å²) in [5, 5.41) is 29.5. The molecular formula is C44H34Cl4N8O6S. The van der Waals surface area contributed by atoms with E-state index in [0.717, 1.165) is 5.56 Å². The third kappa shape index (κ3) is 9.72. The van der Waals surface area contributed by atoms with E-state index in [-0.39, 0.29) is 69.5 Å². The van der Waals surface area contributed by atoms with Gasteiger partial charge in [0.05, 0.1) is 45.5 Å². The highest BCUT2D eigenvalue weighted by Gasteiger charge is 2.34. The summed E-state index contributed by atoms with van der Waals surface area (Å²) in [6.45, 7) is 0.436. The van der Waals surface area contributed by atoms with Gasteiger partial charge in [0, 0.05) is 33.6 Å². The third-order valence-corrected chi connectivity index (χ3v) is 12.0. The van der Waals surface area contributed by atoms with Crippen LogP contribution in [0.5, 0.6) is 11.6 Å². The Kier molecular flexibility index (Phi) is 13.4. The summed E-state index contributed by atoms with van der Waals surface area (Å²) in [7, 11) is 0. The molecule has 0 fully saturated rings. The maximum atomic E-state index is 13.7. The number of aliphatic imine (C=N–C) groups is 1. The number of thiophene rings is 1. The molecule has 3 aromatic heterocycles. The molecule has 2 amide bonds. The molecule has 1 unspecified atom stereocenters. The number of nitrogens with one attached hydrogen (secondary N) is 2. The lowest BCUT2D eigenvalue weighted by Crippen LogP contribution is -2.44. The molecule has 0 saturated heterocycles. The minimum absolute atomic E-state index is 0.0299. The van der Waals surface area contributed by atoms with Crippen molar-refractivity contribution in [2.75, 3.05) is 17.3 Å². The first-order chi connectivity index (χ1) is 30.6. The number of hydrogen-bond acceptors (Lipinski definition) is 11. The first kappa shape index (κ1) is 43.4. The number of aryl methyl sites for hydroxylation is 1. The van der Waals surface area contributed by atoms with Crippen LogP contribution in [0.4, 0.5) is 11.4 Å². The fraction of sp³-hybridized carbons (Fsp3) is 0.159. The number of aromatic nitrogens is 4. The summed E-state index contributed by atoms with van der Waals surface area (Å²) in [6, 6.07) is 27.5. The van der Waals surface area contributed by atoms with E-state index in [1.807, 2.05) is 66.0 Å². The molecule has 0 bridgehead atoms. The van der Waals surface area contributed by atoms with Crippen molar-refractivity contribution in [3.63, 3.8) is 0 Å². The highest BCUT2D eigenvalue weighted by atomic mass is 35.5. The van der Waals surface area contributed by atoms with Crippen molar-refractivity contribution in [2.24, 2.45) is 10.1 Å². The molecule has 1 aliphatic heterocycles. The number of hydrogen-bond donors (Lipinski definition) is 3. The summed E-state index contributed by atoms with van der Waals surface area (Å²) in [5.41, 5.74) is 4.26. The van der Waals surface area contributed by atoms with Crippen LogP contribution in [-0.2, 0) is 38.8 Å². The molecule has 19 heteroatoms. The third-order valence-electron chi connectivity index (χ3n) is 9.87. The van der Waals surface area contributed by atoms with Gasteiger partial charge in [0.15, 0.2) is 5.88 Å². The van der Waals surface area contributed by atoms with Gasteiger partial charge in [-0.3, -0.25) is 19.2 Å². The minimum atomic E-state index is -1.00. The largest absolute Gasteiger partial charge is 0.494 e. The van der Waals surface area contributed by atoms with E-state index < -0.39 is 17.9 Å². The number of anilines is 1. The van der Waals surface area contributed by atoms with Crippen molar-refractivity contribution >= 4 is 109 Å². The molecule has 0 radical (unpaired) electrons. The number of rotatable bonds is 16. The zero-order valence-electron chi connectivity index (χ0n) is 32.8. The first-order valence-electron chi connectivity index (χ1n) is 19.3. The van der Waals surface area contributed by atoms with Gasteiger partial charge >= 0.3 is 5.97 Å². The number of fused-ring (bicyclic) bond motifs is 2. The number of benzene rings is 4. The van der Waals surface area contributed by atoms with Crippen LogP contribution in [0.25, 0.3) is 10.9 Å². The Balaban J connectivity index is 0.904. The number of aromatic amines is 1. The van der Waals surface area contributed by atoms with Gasteiger partial charge in [-0.2, -0.15) is 0 Å². The average Bonchev–Trinajstić information content (AvgIpc) is 4.10. The summed E-state index contributed by atoms with van der Waals surface area (Å²) < 4.78 is 7.41. The maximum Gasteiger partial charge on any atom is 0.336 e. The number of halogens is 4. The average molecular weight is 945 g/mol. The molecule has 8 rings (SSSR count). The van der Waals surface area contributed by atoms with Gasteiger partial charge in [-0.15, -0.1) is 28.0 Å². The van der Waals surface area contributed by atoms with Crippen molar-refractivity contribution < 1.29 is 29.1 Å². The number of alkyl halides is 1. The van der Waals surface area contributed by atoms with Crippen molar-refractivity contribution in [3.05, 3.63) is 151 Å². The fourth-order valence-electron chi connectivity index (χ4n) is 6.92. The van der Waals surface area contributed by atoms with Crippen LogP contribution in [0.2, 0.25) is 15.1 Å². The lowest BCUT2D eigenvalue weighted by Gasteiger charge is -2.30. The van der Waals surface area contributed by atoms with Gasteiger partial charge in [0.25, 0.3) is 0 Å². The number of carbonyl (C=O) groups excluding carboxylic acids is 3. The van der Waals surface area contributed by atoms with E-state index in [1.54, 1.807) is 36.5 Å². The Morgan fingerprint density at radius 3 is 2.52 bits per heavy atom. The number of aromatic hydroxyl groups is 1. The van der Waals surface area contributed by atoms with Crippen LogP contribution < -0.4 is 15.0 Å². The summed E-state index contributed by atoms with van der Waals surface area (Å²) in [6.07, 6.45) is 2.09. The highest BCUT2D eigenvalue weighted by Crippen LogP contribution is 2.40. The Hall–Kier alpha value is -6.23. The molecule has 0 saturated carbocycles. The number of carbonyl (C=O) groups is 3. The quantitative estimate of drug-likeness (QED) is 0.0488. The molecule has 320 valence electrons. The normalized spacial score (nSPS) is 13.1. The van der Waals surface area contributed by atoms with Gasteiger partial charge in [-0.1, -0.05) is 99.8 Å². The van der Waals surface area contributed by atoms with Gasteiger partial charge in [-0.05, 0) is 59.8 Å². The van der Waals surface area contributed by atoms with Gasteiger partial charge in [0.2, 0.25) is 11.8 Å². The van der Waals surface area contributed by atoms with Crippen LogP contribution in [-0.4, -0.2) is 66.7 Å².